The number of nitrogens with two attached hydrogens (primary N) is 1. The molecule has 0 aliphatic heterocycles. The topological polar surface area (TPSA) is 58.9 Å². The maximum absolute atomic E-state index is 12.3. The lowest BCUT2D eigenvalue weighted by molar-refractivity contribution is -0.142. The number of hydrogen-bond acceptors (Lipinski definition) is 2. The van der Waals surface area contributed by atoms with Crippen molar-refractivity contribution in [2.75, 3.05) is 0 Å². The van der Waals surface area contributed by atoms with E-state index in [9.17, 15) is 26.7 Å². The van der Waals surface area contributed by atoms with Gasteiger partial charge in [0, 0.05) is 18.3 Å². The molecule has 8 heteroatoms. The predicted molar refractivity (Wildman–Crippen MR) is 44.9 cm³/mol. The van der Waals surface area contributed by atoms with Gasteiger partial charge in [0.05, 0.1) is 5.56 Å². The van der Waals surface area contributed by atoms with Crippen LogP contribution in [0.1, 0.15) is 23.2 Å². The second kappa shape index (κ2) is 4.20. The molecule has 3 N–H and O–H groups in total. The van der Waals surface area contributed by atoms with Gasteiger partial charge in [-0.1, -0.05) is 0 Å². The van der Waals surface area contributed by atoms with E-state index in [4.69, 9.17) is 5.73 Å². The summed E-state index contributed by atoms with van der Waals surface area (Å²) in [6, 6.07) is 0. The fourth-order valence-electron chi connectivity index (χ4n) is 1.20. The summed E-state index contributed by atoms with van der Waals surface area (Å²) in [7, 11) is 0. The molecule has 0 amide bonds. The molecule has 0 fully saturated rings. The van der Waals surface area contributed by atoms with Crippen LogP contribution in [0.15, 0.2) is 11.0 Å². The Labute approximate surface area is 86.1 Å². The van der Waals surface area contributed by atoms with Gasteiger partial charge in [-0.2, -0.15) is 13.2 Å². The van der Waals surface area contributed by atoms with Gasteiger partial charge in [0.1, 0.15) is 5.69 Å². The molecule has 3 nitrogen and oxygen atoms in total. The Morgan fingerprint density at radius 1 is 1.38 bits per heavy atom. The van der Waals surface area contributed by atoms with Crippen molar-refractivity contribution >= 4 is 0 Å². The van der Waals surface area contributed by atoms with E-state index in [1.165, 1.54) is 0 Å². The van der Waals surface area contributed by atoms with Gasteiger partial charge >= 0.3 is 6.18 Å². The molecule has 0 saturated carbocycles. The minimum atomic E-state index is -4.82. The van der Waals surface area contributed by atoms with E-state index in [-0.39, 0.29) is 0 Å². The highest BCUT2D eigenvalue weighted by molar-refractivity contribution is 5.28. The largest absolute Gasteiger partial charge is 0.431 e. The molecule has 90 valence electrons. The molecule has 0 bridgehead atoms. The minimum absolute atomic E-state index is 0.356. The molecule has 0 saturated heterocycles. The van der Waals surface area contributed by atoms with Crippen LogP contribution in [0.25, 0.3) is 0 Å². The molecule has 1 aromatic heterocycles. The number of H-pyrrole nitrogens is 1. The maximum atomic E-state index is 12.3. The Morgan fingerprint density at radius 3 is 2.31 bits per heavy atom. The quantitative estimate of drug-likeness (QED) is 0.777. The normalized spacial score (nSPS) is 12.2. The first-order chi connectivity index (χ1) is 7.29. The van der Waals surface area contributed by atoms with Crippen LogP contribution >= 0.6 is 0 Å². The van der Waals surface area contributed by atoms with Gasteiger partial charge in [-0.3, -0.25) is 4.79 Å². The van der Waals surface area contributed by atoms with Crippen LogP contribution in [0, 0.1) is 0 Å². The van der Waals surface area contributed by atoms with E-state index in [1.807, 2.05) is 0 Å². The van der Waals surface area contributed by atoms with Gasteiger partial charge in [-0.25, -0.2) is 8.78 Å². The number of hydrogen-bond donors (Lipinski definition) is 2. The first kappa shape index (κ1) is 12.6. The maximum Gasteiger partial charge on any atom is 0.431 e. The lowest BCUT2D eigenvalue weighted by atomic mass is 10.1. The Hall–Kier alpha value is -1.44. The van der Waals surface area contributed by atoms with Gasteiger partial charge in [-0.15, -0.1) is 0 Å². The summed E-state index contributed by atoms with van der Waals surface area (Å²) in [5.41, 5.74) is 0.292. The lowest BCUT2D eigenvalue weighted by Crippen LogP contribution is -2.25. The third kappa shape index (κ3) is 2.21. The molecule has 0 radical (unpaired) electrons. The molecule has 0 unspecified atom stereocenters. The van der Waals surface area contributed by atoms with Crippen LogP contribution in [-0.2, 0) is 12.7 Å². The number of aromatic nitrogens is 1. The molecule has 1 heterocycles. The van der Waals surface area contributed by atoms with Crippen molar-refractivity contribution in [3.05, 3.63) is 33.2 Å². The van der Waals surface area contributed by atoms with Crippen LogP contribution in [0.5, 0.6) is 0 Å². The molecular formula is C8H7F5N2O. The number of aromatic amines is 1. The smallest absolute Gasteiger partial charge is 0.357 e. The van der Waals surface area contributed by atoms with Gasteiger partial charge in [0.15, 0.2) is 5.43 Å². The molecule has 0 spiro atoms. The average Bonchev–Trinajstić information content (AvgIpc) is 2.15. The number of pyridine rings is 1. The summed E-state index contributed by atoms with van der Waals surface area (Å²) in [6.07, 6.45) is -7.61. The summed E-state index contributed by atoms with van der Waals surface area (Å²) in [5.74, 6) is 0. The van der Waals surface area contributed by atoms with Crippen LogP contribution in [-0.4, -0.2) is 4.98 Å². The Bertz CT molecular complexity index is 437. The van der Waals surface area contributed by atoms with Crippen LogP contribution in [0.3, 0.4) is 0 Å². The molecule has 1 rings (SSSR count). The molecule has 16 heavy (non-hydrogen) atoms. The monoisotopic (exact) mass is 242 g/mol. The predicted octanol–water partition coefficient (Wildman–Crippen LogP) is 1.79. The van der Waals surface area contributed by atoms with E-state index in [0.717, 1.165) is 0 Å². The molecule has 0 aliphatic rings. The fraction of sp³-hybridized carbons (Fsp3) is 0.375. The van der Waals surface area contributed by atoms with E-state index in [0.29, 0.717) is 6.20 Å². The molecular weight excluding hydrogens is 235 g/mol. The van der Waals surface area contributed by atoms with Crippen LogP contribution < -0.4 is 11.2 Å². The SMILES string of the molecule is NCc1c(C(F)(F)F)[nH]cc(C(F)F)c1=O. The van der Waals surface area contributed by atoms with Crippen molar-refractivity contribution in [3.8, 4) is 0 Å². The lowest BCUT2D eigenvalue weighted by Gasteiger charge is -2.12. The fourth-order valence-corrected chi connectivity index (χ4v) is 1.20. The van der Waals surface area contributed by atoms with Crippen molar-refractivity contribution in [1.82, 2.24) is 4.98 Å². The van der Waals surface area contributed by atoms with Gasteiger partial charge in [0.2, 0.25) is 0 Å². The third-order valence-corrected chi connectivity index (χ3v) is 1.93. The standard InChI is InChI=1S/C8H7F5N2O/c9-7(10)4-2-15-6(8(11,12)13)3(1-14)5(4)16/h2,7H,1,14H2,(H,15,16). The zero-order valence-corrected chi connectivity index (χ0v) is 7.74. The summed E-state index contributed by atoms with van der Waals surface area (Å²) in [5, 5.41) is 0. The summed E-state index contributed by atoms with van der Waals surface area (Å²) >= 11 is 0. The van der Waals surface area contributed by atoms with E-state index in [1.54, 1.807) is 4.98 Å². The number of nitrogens with one attached hydrogen (secondary N) is 1. The van der Waals surface area contributed by atoms with Crippen LogP contribution in [0.4, 0.5) is 22.0 Å². The molecule has 0 atom stereocenters. The number of rotatable bonds is 2. The van der Waals surface area contributed by atoms with Crippen molar-refractivity contribution < 1.29 is 22.0 Å². The van der Waals surface area contributed by atoms with Crippen LogP contribution in [0.2, 0.25) is 0 Å². The Balaban J connectivity index is 3.48. The van der Waals surface area contributed by atoms with E-state index >= 15 is 0 Å². The Morgan fingerprint density at radius 2 is 1.94 bits per heavy atom. The highest BCUT2D eigenvalue weighted by Crippen LogP contribution is 2.29. The summed E-state index contributed by atoms with van der Waals surface area (Å²) in [6.45, 7) is -0.759. The zero-order chi connectivity index (χ0) is 12.5. The first-order valence-electron chi connectivity index (χ1n) is 4.09. The van der Waals surface area contributed by atoms with Gasteiger partial charge in [-0.05, 0) is 0 Å². The molecule has 1 aromatic rings. The summed E-state index contributed by atoms with van der Waals surface area (Å²) in [4.78, 5) is 12.9. The van der Waals surface area contributed by atoms with E-state index in [2.05, 4.69) is 0 Å². The van der Waals surface area contributed by atoms with Gasteiger partial charge in [0.25, 0.3) is 6.43 Å². The van der Waals surface area contributed by atoms with Crippen molar-refractivity contribution in [2.45, 2.75) is 19.1 Å². The third-order valence-electron chi connectivity index (χ3n) is 1.93. The first-order valence-corrected chi connectivity index (χ1v) is 4.09. The highest BCUT2D eigenvalue weighted by Gasteiger charge is 2.36. The Kier molecular flexibility index (Phi) is 3.32. The second-order valence-electron chi connectivity index (χ2n) is 2.93. The zero-order valence-electron chi connectivity index (χ0n) is 7.74. The molecule has 0 aliphatic carbocycles. The van der Waals surface area contributed by atoms with Crippen molar-refractivity contribution in [2.24, 2.45) is 5.73 Å². The number of halogens is 5. The van der Waals surface area contributed by atoms with Gasteiger partial charge < -0.3 is 10.7 Å². The second-order valence-corrected chi connectivity index (χ2v) is 2.93. The van der Waals surface area contributed by atoms with Crippen molar-refractivity contribution in [1.29, 1.82) is 0 Å². The highest BCUT2D eigenvalue weighted by atomic mass is 19.4. The molecule has 0 aromatic carbocycles. The van der Waals surface area contributed by atoms with E-state index < -0.39 is 41.4 Å². The minimum Gasteiger partial charge on any atom is -0.357 e. The van der Waals surface area contributed by atoms with Crippen molar-refractivity contribution in [3.63, 3.8) is 0 Å². The number of alkyl halides is 5. The average molecular weight is 242 g/mol. The summed E-state index contributed by atoms with van der Waals surface area (Å²) < 4.78 is 61.5.